The van der Waals surface area contributed by atoms with Gasteiger partial charge < -0.3 is 9.67 Å². The number of aromatic nitrogens is 1. The van der Waals surface area contributed by atoms with Crippen LogP contribution < -0.4 is 0 Å². The van der Waals surface area contributed by atoms with Gasteiger partial charge >= 0.3 is 5.97 Å². The maximum atomic E-state index is 11.0. The number of carbonyl (C=O) groups is 1. The van der Waals surface area contributed by atoms with Crippen LogP contribution in [0, 0.1) is 6.92 Å². The van der Waals surface area contributed by atoms with E-state index in [0.29, 0.717) is 12.2 Å². The Hall–Kier alpha value is -1.55. The number of rotatable bonds is 3. The topological polar surface area (TPSA) is 42.2 Å². The highest BCUT2D eigenvalue weighted by Gasteiger charge is 2.15. The average Bonchev–Trinajstić information content (AvgIpc) is 2.64. The number of carboxylic acid groups (broad SMARTS) is 1. The molecule has 0 aliphatic heterocycles. The first-order valence-electron chi connectivity index (χ1n) is 4.57. The number of aromatic carboxylic acids is 1. The van der Waals surface area contributed by atoms with Crippen LogP contribution in [0.3, 0.4) is 0 Å². The zero-order valence-corrected chi connectivity index (χ0v) is 9.17. The highest BCUT2D eigenvalue weighted by atomic mass is 32.1. The highest BCUT2D eigenvalue weighted by molar-refractivity contribution is 7.19. The van der Waals surface area contributed by atoms with Gasteiger partial charge in [0.25, 0.3) is 0 Å². The van der Waals surface area contributed by atoms with Crippen molar-refractivity contribution >= 4 is 27.5 Å². The molecule has 0 fully saturated rings. The third-order valence-corrected chi connectivity index (χ3v) is 3.23. The summed E-state index contributed by atoms with van der Waals surface area (Å²) in [7, 11) is 0. The molecule has 2 aromatic rings. The molecule has 0 bridgehead atoms. The zero-order chi connectivity index (χ0) is 11.0. The zero-order valence-electron chi connectivity index (χ0n) is 8.36. The third-order valence-electron chi connectivity index (χ3n) is 2.24. The first-order valence-corrected chi connectivity index (χ1v) is 5.39. The maximum absolute atomic E-state index is 11.0. The first-order chi connectivity index (χ1) is 7.13. The Morgan fingerprint density at radius 2 is 2.40 bits per heavy atom. The first kappa shape index (κ1) is 9.98. The van der Waals surface area contributed by atoms with E-state index in [0.717, 1.165) is 10.2 Å². The second-order valence-corrected chi connectivity index (χ2v) is 4.63. The number of nitrogens with zero attached hydrogens (tertiary/aromatic N) is 1. The van der Waals surface area contributed by atoms with Crippen LogP contribution in [0.2, 0.25) is 0 Å². The molecule has 0 unspecified atom stereocenters. The lowest BCUT2D eigenvalue weighted by Gasteiger charge is -2.02. The Morgan fingerprint density at radius 3 is 3.00 bits per heavy atom. The molecule has 4 heteroatoms. The van der Waals surface area contributed by atoms with Crippen molar-refractivity contribution in [2.24, 2.45) is 0 Å². The summed E-state index contributed by atoms with van der Waals surface area (Å²) >= 11 is 1.61. The van der Waals surface area contributed by atoms with E-state index in [1.807, 2.05) is 13.0 Å². The molecular weight excluding hydrogens is 210 g/mol. The Labute approximate surface area is 91.3 Å². The van der Waals surface area contributed by atoms with Crippen molar-refractivity contribution < 1.29 is 9.90 Å². The van der Waals surface area contributed by atoms with Crippen LogP contribution in [-0.2, 0) is 6.54 Å². The van der Waals surface area contributed by atoms with Crippen molar-refractivity contribution in [2.75, 3.05) is 0 Å². The molecule has 0 aliphatic rings. The van der Waals surface area contributed by atoms with Gasteiger partial charge in [-0.1, -0.05) is 6.08 Å². The van der Waals surface area contributed by atoms with Crippen LogP contribution in [0.4, 0.5) is 0 Å². The van der Waals surface area contributed by atoms with Gasteiger partial charge in [0.2, 0.25) is 0 Å². The van der Waals surface area contributed by atoms with Crippen molar-refractivity contribution in [2.45, 2.75) is 13.5 Å². The number of aryl methyl sites for hydroxylation is 1. The number of thiophene rings is 1. The summed E-state index contributed by atoms with van der Waals surface area (Å²) in [6.07, 6.45) is 1.71. The van der Waals surface area contributed by atoms with Crippen LogP contribution in [0.25, 0.3) is 10.2 Å². The molecule has 3 nitrogen and oxygen atoms in total. The molecule has 0 aliphatic carbocycles. The van der Waals surface area contributed by atoms with Crippen molar-refractivity contribution in [1.82, 2.24) is 4.57 Å². The lowest BCUT2D eigenvalue weighted by atomic mass is 10.4. The summed E-state index contributed by atoms with van der Waals surface area (Å²) in [5.74, 6) is -0.891. The smallest absolute Gasteiger partial charge is 0.352 e. The predicted octanol–water partition coefficient (Wildman–Crippen LogP) is 2.90. The molecule has 0 atom stereocenters. The number of allylic oxidation sites excluding steroid dienone is 1. The highest BCUT2D eigenvalue weighted by Crippen LogP contribution is 2.28. The monoisotopic (exact) mass is 221 g/mol. The fourth-order valence-electron chi connectivity index (χ4n) is 1.67. The molecule has 2 aromatic heterocycles. The minimum atomic E-state index is -0.891. The fraction of sp³-hybridized carbons (Fsp3) is 0.182. The van der Waals surface area contributed by atoms with Gasteiger partial charge in [-0.3, -0.25) is 0 Å². The van der Waals surface area contributed by atoms with Crippen molar-refractivity contribution in [3.63, 3.8) is 0 Å². The van der Waals surface area contributed by atoms with Crippen LogP contribution >= 0.6 is 11.3 Å². The Bertz CT molecular complexity index is 536. The van der Waals surface area contributed by atoms with E-state index in [9.17, 15) is 4.79 Å². The van der Waals surface area contributed by atoms with Gasteiger partial charge in [-0.05, 0) is 19.1 Å². The van der Waals surface area contributed by atoms with E-state index < -0.39 is 5.97 Å². The minimum Gasteiger partial charge on any atom is -0.477 e. The number of hydrogen-bond acceptors (Lipinski definition) is 2. The summed E-state index contributed by atoms with van der Waals surface area (Å²) < 4.78 is 2.79. The van der Waals surface area contributed by atoms with E-state index in [1.54, 1.807) is 28.0 Å². The molecule has 78 valence electrons. The van der Waals surface area contributed by atoms with E-state index in [4.69, 9.17) is 5.11 Å². The molecule has 0 spiro atoms. The number of carboxylic acids is 1. The quantitative estimate of drug-likeness (QED) is 0.810. The predicted molar refractivity (Wildman–Crippen MR) is 61.7 cm³/mol. The van der Waals surface area contributed by atoms with Crippen LogP contribution in [0.5, 0.6) is 0 Å². The molecule has 0 saturated carbocycles. The molecule has 2 heterocycles. The van der Waals surface area contributed by atoms with Gasteiger partial charge in [0.1, 0.15) is 5.69 Å². The summed E-state index contributed by atoms with van der Waals surface area (Å²) in [4.78, 5) is 12.2. The van der Waals surface area contributed by atoms with Gasteiger partial charge in [0.15, 0.2) is 0 Å². The fourth-order valence-corrected chi connectivity index (χ4v) is 2.63. The maximum Gasteiger partial charge on any atom is 0.352 e. The van der Waals surface area contributed by atoms with Crippen molar-refractivity contribution in [3.05, 3.63) is 35.4 Å². The summed E-state index contributed by atoms with van der Waals surface area (Å²) in [6, 6.07) is 3.73. The van der Waals surface area contributed by atoms with Gasteiger partial charge in [-0.2, -0.15) is 0 Å². The third kappa shape index (κ3) is 1.57. The van der Waals surface area contributed by atoms with Crippen LogP contribution in [-0.4, -0.2) is 15.6 Å². The Kier molecular flexibility index (Phi) is 2.36. The molecule has 15 heavy (non-hydrogen) atoms. The second kappa shape index (κ2) is 3.55. The molecule has 0 saturated heterocycles. The summed E-state index contributed by atoms with van der Waals surface area (Å²) in [5, 5.41) is 9.03. The largest absolute Gasteiger partial charge is 0.477 e. The Balaban J connectivity index is 2.70. The molecule has 0 radical (unpaired) electrons. The Morgan fingerprint density at radius 1 is 1.67 bits per heavy atom. The molecule has 2 rings (SSSR count). The van der Waals surface area contributed by atoms with Gasteiger partial charge in [0, 0.05) is 11.4 Å². The van der Waals surface area contributed by atoms with Crippen molar-refractivity contribution in [3.8, 4) is 0 Å². The molecule has 1 N–H and O–H groups in total. The minimum absolute atomic E-state index is 0.330. The lowest BCUT2D eigenvalue weighted by Crippen LogP contribution is -2.06. The van der Waals surface area contributed by atoms with Gasteiger partial charge in [-0.15, -0.1) is 17.9 Å². The van der Waals surface area contributed by atoms with Crippen LogP contribution in [0.15, 0.2) is 24.8 Å². The van der Waals surface area contributed by atoms with E-state index in [1.165, 1.54) is 4.88 Å². The SMILES string of the molecule is C=CCn1c(C(=O)O)cc2sc(C)cc21. The molecule has 0 aromatic carbocycles. The number of hydrogen-bond donors (Lipinski definition) is 1. The van der Waals surface area contributed by atoms with Gasteiger partial charge in [0.05, 0.1) is 10.2 Å². The standard InChI is InChI=1S/C11H11NO2S/c1-3-4-12-8-5-7(2)15-10(8)6-9(12)11(13)14/h3,5-6H,1,4H2,2H3,(H,13,14). The normalized spacial score (nSPS) is 10.7. The van der Waals surface area contributed by atoms with E-state index in [-0.39, 0.29) is 0 Å². The number of fused-ring (bicyclic) bond motifs is 1. The van der Waals surface area contributed by atoms with E-state index in [2.05, 4.69) is 6.58 Å². The van der Waals surface area contributed by atoms with E-state index >= 15 is 0 Å². The van der Waals surface area contributed by atoms with Crippen LogP contribution in [0.1, 0.15) is 15.4 Å². The van der Waals surface area contributed by atoms with Gasteiger partial charge in [-0.25, -0.2) is 4.79 Å². The molecular formula is C11H11NO2S. The second-order valence-electron chi connectivity index (χ2n) is 3.34. The summed E-state index contributed by atoms with van der Waals surface area (Å²) in [6.45, 7) is 6.19. The van der Waals surface area contributed by atoms with Crippen molar-refractivity contribution in [1.29, 1.82) is 0 Å². The average molecular weight is 221 g/mol. The lowest BCUT2D eigenvalue weighted by molar-refractivity contribution is 0.0686. The molecule has 0 amide bonds. The summed E-state index contributed by atoms with van der Waals surface area (Å²) in [5.41, 5.74) is 1.31.